The molecule has 0 atom stereocenters. The Balaban J connectivity index is 1.32. The summed E-state index contributed by atoms with van der Waals surface area (Å²) in [4.78, 5) is 36.7. The first kappa shape index (κ1) is 24.7. The Bertz CT molecular complexity index is 1250. The predicted octanol–water partition coefficient (Wildman–Crippen LogP) is 3.48. The highest BCUT2D eigenvalue weighted by Crippen LogP contribution is 2.33. The van der Waals surface area contributed by atoms with Crippen LogP contribution >= 0.6 is 0 Å². The molecule has 0 radical (unpaired) electrons. The van der Waals surface area contributed by atoms with E-state index in [1.807, 2.05) is 43.2 Å². The third-order valence-electron chi connectivity index (χ3n) is 7.85. The number of fused-ring (bicyclic) bond motifs is 1. The molecule has 0 saturated carbocycles. The number of ether oxygens (including phenoxy) is 1. The summed E-state index contributed by atoms with van der Waals surface area (Å²) in [6.45, 7) is 4.71. The highest BCUT2D eigenvalue weighted by atomic mass is 16.5. The van der Waals surface area contributed by atoms with Crippen molar-refractivity contribution in [2.45, 2.75) is 44.6 Å². The van der Waals surface area contributed by atoms with Gasteiger partial charge in [-0.05, 0) is 80.4 Å². The summed E-state index contributed by atoms with van der Waals surface area (Å²) in [7, 11) is 3.62. The maximum Gasteiger partial charge on any atom is 0.250 e. The van der Waals surface area contributed by atoms with Gasteiger partial charge in [-0.1, -0.05) is 0 Å². The molecule has 2 fully saturated rings. The SMILES string of the molecule is CN(C)C(=O)CN1CCC(c2cc3c(-c4ccc(=O)n(CCC5CCOCC5)c4)ccnc3[nH]2)CC1. The summed E-state index contributed by atoms with van der Waals surface area (Å²) in [5, 5.41) is 1.09. The Labute approximate surface area is 212 Å². The maximum atomic E-state index is 12.6. The number of nitrogens with one attached hydrogen (secondary N) is 1. The van der Waals surface area contributed by atoms with Crippen molar-refractivity contribution in [3.05, 3.63) is 52.7 Å². The van der Waals surface area contributed by atoms with Gasteiger partial charge in [0.05, 0.1) is 6.54 Å². The normalized spacial score (nSPS) is 18.1. The molecule has 0 aromatic carbocycles. The molecule has 1 amide bonds. The molecule has 2 aliphatic heterocycles. The van der Waals surface area contributed by atoms with Crippen LogP contribution in [0.3, 0.4) is 0 Å². The molecule has 5 heterocycles. The summed E-state index contributed by atoms with van der Waals surface area (Å²) in [6.07, 6.45) is 9.03. The van der Waals surface area contributed by atoms with Crippen LogP contribution < -0.4 is 5.56 Å². The van der Waals surface area contributed by atoms with Crippen LogP contribution in [0.2, 0.25) is 0 Å². The standard InChI is InChI=1S/C28H37N5O3/c1-31(2)27(35)19-32-12-7-21(8-13-32)25-17-24-23(5-11-29-28(24)30-25)22-3-4-26(34)33(18-22)14-6-20-9-15-36-16-10-20/h3-5,11,17-18,20-21H,6-10,12-16,19H2,1-2H3,(H,29,30). The Morgan fingerprint density at radius 3 is 2.67 bits per heavy atom. The second-order valence-corrected chi connectivity index (χ2v) is 10.5. The van der Waals surface area contributed by atoms with E-state index >= 15 is 0 Å². The highest BCUT2D eigenvalue weighted by molar-refractivity contribution is 5.93. The van der Waals surface area contributed by atoms with Crippen LogP contribution in [0.15, 0.2) is 41.5 Å². The van der Waals surface area contributed by atoms with Crippen LogP contribution in [0.1, 0.15) is 43.7 Å². The first-order valence-electron chi connectivity index (χ1n) is 13.2. The molecule has 36 heavy (non-hydrogen) atoms. The van der Waals surface area contributed by atoms with Crippen LogP contribution in [-0.4, -0.2) is 77.2 Å². The number of aromatic nitrogens is 3. The van der Waals surface area contributed by atoms with Crippen molar-refractivity contribution in [1.82, 2.24) is 24.3 Å². The van der Waals surface area contributed by atoms with Gasteiger partial charge >= 0.3 is 0 Å². The van der Waals surface area contributed by atoms with E-state index in [1.165, 1.54) is 5.69 Å². The molecule has 0 unspecified atom stereocenters. The Morgan fingerprint density at radius 2 is 1.92 bits per heavy atom. The largest absolute Gasteiger partial charge is 0.381 e. The highest BCUT2D eigenvalue weighted by Gasteiger charge is 2.24. The van der Waals surface area contributed by atoms with Gasteiger partial charge in [0.15, 0.2) is 0 Å². The van der Waals surface area contributed by atoms with Gasteiger partial charge in [0.2, 0.25) is 5.91 Å². The number of piperidine rings is 1. The lowest BCUT2D eigenvalue weighted by Gasteiger charge is -2.31. The van der Waals surface area contributed by atoms with Gasteiger partial charge in [-0.3, -0.25) is 14.5 Å². The number of pyridine rings is 2. The number of carbonyl (C=O) groups is 1. The van der Waals surface area contributed by atoms with E-state index < -0.39 is 0 Å². The zero-order valence-corrected chi connectivity index (χ0v) is 21.4. The molecule has 8 nitrogen and oxygen atoms in total. The molecule has 0 aliphatic carbocycles. The molecule has 5 rings (SSSR count). The molecule has 0 bridgehead atoms. The van der Waals surface area contributed by atoms with Gasteiger partial charge in [-0.2, -0.15) is 0 Å². The van der Waals surface area contributed by atoms with Crippen molar-refractivity contribution in [3.63, 3.8) is 0 Å². The minimum absolute atomic E-state index is 0.0466. The number of amides is 1. The van der Waals surface area contributed by atoms with Gasteiger partial charge < -0.3 is 19.2 Å². The average Bonchev–Trinajstić information content (AvgIpc) is 3.34. The van der Waals surface area contributed by atoms with Crippen LogP contribution in [0.25, 0.3) is 22.2 Å². The van der Waals surface area contributed by atoms with Crippen molar-refractivity contribution in [1.29, 1.82) is 0 Å². The molecule has 8 heteroatoms. The number of likely N-dealkylation sites (tertiary alicyclic amines) is 1. The molecular weight excluding hydrogens is 454 g/mol. The van der Waals surface area contributed by atoms with Crippen molar-refractivity contribution in [2.75, 3.05) is 46.9 Å². The zero-order chi connectivity index (χ0) is 25.1. The van der Waals surface area contributed by atoms with Crippen LogP contribution in [-0.2, 0) is 16.1 Å². The minimum Gasteiger partial charge on any atom is -0.381 e. The average molecular weight is 492 g/mol. The second-order valence-electron chi connectivity index (χ2n) is 10.5. The van der Waals surface area contributed by atoms with E-state index in [0.29, 0.717) is 18.4 Å². The van der Waals surface area contributed by atoms with E-state index in [9.17, 15) is 9.59 Å². The van der Waals surface area contributed by atoms with Crippen LogP contribution in [0.5, 0.6) is 0 Å². The lowest BCUT2D eigenvalue weighted by molar-refractivity contribution is -0.130. The number of aryl methyl sites for hydroxylation is 1. The third-order valence-corrected chi connectivity index (χ3v) is 7.85. The van der Waals surface area contributed by atoms with Crippen LogP contribution in [0, 0.1) is 5.92 Å². The van der Waals surface area contributed by atoms with Gasteiger partial charge in [0.1, 0.15) is 5.65 Å². The summed E-state index contributed by atoms with van der Waals surface area (Å²) in [5.41, 5.74) is 4.27. The number of carbonyl (C=O) groups excluding carboxylic acids is 1. The Morgan fingerprint density at radius 1 is 1.14 bits per heavy atom. The van der Waals surface area contributed by atoms with E-state index in [4.69, 9.17) is 4.74 Å². The first-order chi connectivity index (χ1) is 17.5. The quantitative estimate of drug-likeness (QED) is 0.547. The third kappa shape index (κ3) is 5.55. The van der Waals surface area contributed by atoms with Crippen molar-refractivity contribution in [2.24, 2.45) is 5.92 Å². The zero-order valence-electron chi connectivity index (χ0n) is 21.4. The van der Waals surface area contributed by atoms with Crippen molar-refractivity contribution < 1.29 is 9.53 Å². The van der Waals surface area contributed by atoms with Crippen molar-refractivity contribution >= 4 is 16.9 Å². The fraction of sp³-hybridized carbons (Fsp3) is 0.536. The molecule has 2 aliphatic rings. The lowest BCUT2D eigenvalue weighted by Crippen LogP contribution is -2.40. The first-order valence-corrected chi connectivity index (χ1v) is 13.2. The van der Waals surface area contributed by atoms with Gasteiger partial charge in [0, 0.05) is 69.3 Å². The lowest BCUT2D eigenvalue weighted by atomic mass is 9.93. The number of H-pyrrole nitrogens is 1. The fourth-order valence-electron chi connectivity index (χ4n) is 5.48. The van der Waals surface area contributed by atoms with Gasteiger partial charge in [0.25, 0.3) is 5.56 Å². The molecule has 2 saturated heterocycles. The predicted molar refractivity (Wildman–Crippen MR) is 141 cm³/mol. The molecule has 1 N–H and O–H groups in total. The number of rotatable bonds is 7. The summed E-state index contributed by atoms with van der Waals surface area (Å²) < 4.78 is 7.33. The second kappa shape index (κ2) is 11.0. The summed E-state index contributed by atoms with van der Waals surface area (Å²) in [5.74, 6) is 1.20. The minimum atomic E-state index is 0.0466. The van der Waals surface area contributed by atoms with E-state index in [0.717, 1.165) is 87.1 Å². The Kier molecular flexibility index (Phi) is 7.53. The summed E-state index contributed by atoms with van der Waals surface area (Å²) >= 11 is 0. The maximum absolute atomic E-state index is 12.6. The van der Waals surface area contributed by atoms with Gasteiger partial charge in [-0.25, -0.2) is 4.98 Å². The molecule has 192 valence electrons. The van der Waals surface area contributed by atoms with E-state index in [2.05, 4.69) is 20.9 Å². The number of aromatic amines is 1. The van der Waals surface area contributed by atoms with Crippen molar-refractivity contribution in [3.8, 4) is 11.1 Å². The topological polar surface area (TPSA) is 83.5 Å². The Hall–Kier alpha value is -2.97. The molecule has 3 aromatic heterocycles. The van der Waals surface area contributed by atoms with E-state index in [-0.39, 0.29) is 11.5 Å². The number of hydrogen-bond donors (Lipinski definition) is 1. The molecule has 3 aromatic rings. The van der Waals surface area contributed by atoms with E-state index in [1.54, 1.807) is 11.0 Å². The number of likely N-dealkylation sites (N-methyl/N-ethyl adjacent to an activating group) is 1. The number of hydrogen-bond acceptors (Lipinski definition) is 5. The van der Waals surface area contributed by atoms with Gasteiger partial charge in [-0.15, -0.1) is 0 Å². The summed E-state index contributed by atoms with van der Waals surface area (Å²) in [6, 6.07) is 7.89. The number of nitrogens with zero attached hydrogens (tertiary/aromatic N) is 4. The van der Waals surface area contributed by atoms with Crippen LogP contribution in [0.4, 0.5) is 0 Å². The molecule has 0 spiro atoms. The fourth-order valence-corrected chi connectivity index (χ4v) is 5.48. The monoisotopic (exact) mass is 491 g/mol. The smallest absolute Gasteiger partial charge is 0.250 e. The molecular formula is C28H37N5O3.